The number of anilines is 1. The van der Waals surface area contributed by atoms with Gasteiger partial charge in [-0.05, 0) is 31.0 Å². The normalized spacial score (nSPS) is 23.6. The summed E-state index contributed by atoms with van der Waals surface area (Å²) in [6.07, 6.45) is 0.922. The van der Waals surface area contributed by atoms with Crippen LogP contribution in [0.1, 0.15) is 12.8 Å². The van der Waals surface area contributed by atoms with E-state index in [-0.39, 0.29) is 17.8 Å². The highest BCUT2D eigenvalue weighted by molar-refractivity contribution is 5.94. The van der Waals surface area contributed by atoms with E-state index < -0.39 is 6.10 Å². The van der Waals surface area contributed by atoms with Crippen LogP contribution in [0.2, 0.25) is 0 Å². The minimum Gasteiger partial charge on any atom is -0.364 e. The van der Waals surface area contributed by atoms with Crippen molar-refractivity contribution in [2.24, 2.45) is 5.73 Å². The molecule has 0 spiro atoms. The quantitative estimate of drug-likeness (QED) is 0.833. The summed E-state index contributed by atoms with van der Waals surface area (Å²) in [5, 5.41) is 2.62. The molecule has 0 saturated carbocycles. The molecule has 2 rings (SSSR count). The number of hydrogen-bond acceptors (Lipinski definition) is 3. The van der Waals surface area contributed by atoms with Crippen molar-refractivity contribution < 1.29 is 13.9 Å². The average Bonchev–Trinajstić information content (AvgIpc) is 2.77. The Kier molecular flexibility index (Phi) is 3.71. The minimum absolute atomic E-state index is 0.0433. The predicted molar refractivity (Wildman–Crippen MR) is 62.0 cm³/mol. The Bertz CT molecular complexity index is 411. The Hall–Kier alpha value is -1.46. The molecule has 1 aromatic rings. The number of halogens is 1. The number of carbonyl (C=O) groups is 1. The molecule has 1 heterocycles. The SMILES string of the molecule is NC[C@H]1CC[C@@H](C(=O)Nc2cccc(F)c2)O1. The van der Waals surface area contributed by atoms with Gasteiger partial charge in [-0.2, -0.15) is 0 Å². The van der Waals surface area contributed by atoms with Crippen LogP contribution in [0.15, 0.2) is 24.3 Å². The van der Waals surface area contributed by atoms with Gasteiger partial charge in [-0.25, -0.2) is 4.39 Å². The molecule has 17 heavy (non-hydrogen) atoms. The molecule has 5 heteroatoms. The van der Waals surface area contributed by atoms with Gasteiger partial charge in [-0.1, -0.05) is 6.07 Å². The maximum atomic E-state index is 12.9. The van der Waals surface area contributed by atoms with E-state index in [0.29, 0.717) is 18.7 Å². The van der Waals surface area contributed by atoms with Crippen LogP contribution in [0.25, 0.3) is 0 Å². The average molecular weight is 238 g/mol. The summed E-state index contributed by atoms with van der Waals surface area (Å²) in [7, 11) is 0. The molecule has 1 aliphatic rings. The molecular formula is C12H15FN2O2. The standard InChI is InChI=1S/C12H15FN2O2/c13-8-2-1-3-9(6-8)15-12(16)11-5-4-10(7-14)17-11/h1-3,6,10-11H,4-5,7,14H2,(H,15,16)/t10-,11+/m1/s1. The van der Waals surface area contributed by atoms with Crippen LogP contribution in [-0.4, -0.2) is 24.7 Å². The summed E-state index contributed by atoms with van der Waals surface area (Å²) in [4.78, 5) is 11.8. The van der Waals surface area contributed by atoms with Crippen molar-refractivity contribution in [1.82, 2.24) is 0 Å². The van der Waals surface area contributed by atoms with Gasteiger partial charge >= 0.3 is 0 Å². The van der Waals surface area contributed by atoms with Crippen LogP contribution in [-0.2, 0) is 9.53 Å². The van der Waals surface area contributed by atoms with Crippen molar-refractivity contribution in [2.75, 3.05) is 11.9 Å². The number of nitrogens with one attached hydrogen (secondary N) is 1. The highest BCUT2D eigenvalue weighted by Gasteiger charge is 2.29. The summed E-state index contributed by atoms with van der Waals surface area (Å²) in [6.45, 7) is 0.420. The van der Waals surface area contributed by atoms with E-state index in [4.69, 9.17) is 10.5 Å². The van der Waals surface area contributed by atoms with Crippen LogP contribution in [0.3, 0.4) is 0 Å². The Balaban J connectivity index is 1.93. The Morgan fingerprint density at radius 2 is 2.35 bits per heavy atom. The molecule has 1 fully saturated rings. The molecule has 0 unspecified atom stereocenters. The fourth-order valence-electron chi connectivity index (χ4n) is 1.86. The smallest absolute Gasteiger partial charge is 0.253 e. The zero-order chi connectivity index (χ0) is 12.3. The Morgan fingerprint density at radius 1 is 1.53 bits per heavy atom. The second-order valence-electron chi connectivity index (χ2n) is 4.06. The van der Waals surface area contributed by atoms with Gasteiger partial charge in [0.25, 0.3) is 5.91 Å². The van der Waals surface area contributed by atoms with Crippen molar-refractivity contribution in [3.8, 4) is 0 Å². The number of amides is 1. The van der Waals surface area contributed by atoms with Crippen LogP contribution < -0.4 is 11.1 Å². The summed E-state index contributed by atoms with van der Waals surface area (Å²) in [5.74, 6) is -0.624. The van der Waals surface area contributed by atoms with Crippen LogP contribution in [0.5, 0.6) is 0 Å². The molecule has 0 bridgehead atoms. The molecule has 1 aliphatic heterocycles. The summed E-state index contributed by atoms with van der Waals surface area (Å²) >= 11 is 0. The summed E-state index contributed by atoms with van der Waals surface area (Å²) in [5.41, 5.74) is 5.90. The summed E-state index contributed by atoms with van der Waals surface area (Å²) in [6, 6.07) is 5.78. The van der Waals surface area contributed by atoms with Gasteiger partial charge < -0.3 is 15.8 Å². The topological polar surface area (TPSA) is 64.4 Å². The van der Waals surface area contributed by atoms with E-state index in [1.54, 1.807) is 12.1 Å². The number of nitrogens with two attached hydrogens (primary N) is 1. The van der Waals surface area contributed by atoms with E-state index in [9.17, 15) is 9.18 Å². The van der Waals surface area contributed by atoms with Crippen molar-refractivity contribution in [3.05, 3.63) is 30.1 Å². The molecule has 0 aromatic heterocycles. The first-order chi connectivity index (χ1) is 8.19. The van der Waals surface area contributed by atoms with E-state index in [2.05, 4.69) is 5.32 Å². The fraction of sp³-hybridized carbons (Fsp3) is 0.417. The van der Waals surface area contributed by atoms with Crippen LogP contribution >= 0.6 is 0 Å². The second-order valence-corrected chi connectivity index (χ2v) is 4.06. The van der Waals surface area contributed by atoms with Gasteiger partial charge in [0, 0.05) is 12.2 Å². The maximum Gasteiger partial charge on any atom is 0.253 e. The fourth-order valence-corrected chi connectivity index (χ4v) is 1.86. The second kappa shape index (κ2) is 5.25. The van der Waals surface area contributed by atoms with Gasteiger partial charge in [0.2, 0.25) is 0 Å². The van der Waals surface area contributed by atoms with Crippen LogP contribution in [0.4, 0.5) is 10.1 Å². The largest absolute Gasteiger partial charge is 0.364 e. The van der Waals surface area contributed by atoms with Crippen LogP contribution in [0, 0.1) is 5.82 Å². The minimum atomic E-state index is -0.480. The third-order valence-corrected chi connectivity index (χ3v) is 2.76. The molecule has 4 nitrogen and oxygen atoms in total. The van der Waals surface area contributed by atoms with Gasteiger partial charge in [0.05, 0.1) is 6.10 Å². The van der Waals surface area contributed by atoms with E-state index in [1.165, 1.54) is 12.1 Å². The van der Waals surface area contributed by atoms with Crippen molar-refractivity contribution >= 4 is 11.6 Å². The number of carbonyl (C=O) groups excluding carboxylic acids is 1. The molecule has 1 aromatic carbocycles. The molecule has 2 atom stereocenters. The first-order valence-corrected chi connectivity index (χ1v) is 5.61. The molecule has 0 aliphatic carbocycles. The van der Waals surface area contributed by atoms with Crippen molar-refractivity contribution in [2.45, 2.75) is 25.0 Å². The van der Waals surface area contributed by atoms with Gasteiger partial charge in [0.15, 0.2) is 0 Å². The predicted octanol–water partition coefficient (Wildman–Crippen LogP) is 1.27. The van der Waals surface area contributed by atoms with E-state index >= 15 is 0 Å². The lowest BCUT2D eigenvalue weighted by Gasteiger charge is -2.12. The van der Waals surface area contributed by atoms with Crippen molar-refractivity contribution in [1.29, 1.82) is 0 Å². The lowest BCUT2D eigenvalue weighted by molar-refractivity contribution is -0.126. The van der Waals surface area contributed by atoms with Gasteiger partial charge in [-0.15, -0.1) is 0 Å². The highest BCUT2D eigenvalue weighted by Crippen LogP contribution is 2.20. The Morgan fingerprint density at radius 3 is 3.00 bits per heavy atom. The Labute approximate surface area is 98.9 Å². The number of hydrogen-bond donors (Lipinski definition) is 2. The van der Waals surface area contributed by atoms with Gasteiger partial charge in [-0.3, -0.25) is 4.79 Å². The number of ether oxygens (including phenoxy) is 1. The van der Waals surface area contributed by atoms with E-state index in [0.717, 1.165) is 6.42 Å². The number of benzene rings is 1. The first kappa shape index (κ1) is 12.0. The summed E-state index contributed by atoms with van der Waals surface area (Å²) < 4.78 is 18.4. The lowest BCUT2D eigenvalue weighted by atomic mass is 10.2. The highest BCUT2D eigenvalue weighted by atomic mass is 19.1. The first-order valence-electron chi connectivity index (χ1n) is 5.61. The zero-order valence-electron chi connectivity index (χ0n) is 9.36. The monoisotopic (exact) mass is 238 g/mol. The molecule has 0 radical (unpaired) electrons. The molecular weight excluding hydrogens is 223 g/mol. The number of rotatable bonds is 3. The van der Waals surface area contributed by atoms with Crippen molar-refractivity contribution in [3.63, 3.8) is 0 Å². The third-order valence-electron chi connectivity index (χ3n) is 2.76. The third kappa shape index (κ3) is 3.01. The molecule has 92 valence electrons. The lowest BCUT2D eigenvalue weighted by Crippen LogP contribution is -2.29. The molecule has 1 saturated heterocycles. The zero-order valence-corrected chi connectivity index (χ0v) is 9.36. The van der Waals surface area contributed by atoms with E-state index in [1.807, 2.05) is 0 Å². The molecule has 3 N–H and O–H groups in total. The van der Waals surface area contributed by atoms with Gasteiger partial charge in [0.1, 0.15) is 11.9 Å². The maximum absolute atomic E-state index is 12.9. The molecule has 1 amide bonds.